The largest absolute Gasteiger partial charge is 0.351 e. The van der Waals surface area contributed by atoms with Gasteiger partial charge in [0.25, 0.3) is 5.91 Å². The molecule has 0 aliphatic heterocycles. The fourth-order valence-corrected chi connectivity index (χ4v) is 2.20. The highest BCUT2D eigenvalue weighted by molar-refractivity contribution is 5.95. The average molecular weight is 304 g/mol. The van der Waals surface area contributed by atoms with Crippen molar-refractivity contribution in [2.45, 2.75) is 13.3 Å². The van der Waals surface area contributed by atoms with E-state index >= 15 is 0 Å². The van der Waals surface area contributed by atoms with Crippen molar-refractivity contribution >= 4 is 5.91 Å². The van der Waals surface area contributed by atoms with Gasteiger partial charge in [0.05, 0.1) is 23.1 Å². The van der Waals surface area contributed by atoms with Gasteiger partial charge in [-0.25, -0.2) is 9.07 Å². The third-order valence-corrected chi connectivity index (χ3v) is 3.36. The van der Waals surface area contributed by atoms with Crippen LogP contribution in [0.15, 0.2) is 30.5 Å². The summed E-state index contributed by atoms with van der Waals surface area (Å²) in [5, 5.41) is 7.16. The zero-order valence-electron chi connectivity index (χ0n) is 13.1. The van der Waals surface area contributed by atoms with E-state index in [1.165, 1.54) is 12.1 Å². The molecule has 1 aromatic heterocycles. The van der Waals surface area contributed by atoms with E-state index < -0.39 is 0 Å². The predicted octanol–water partition coefficient (Wildman–Crippen LogP) is 1.87. The number of amides is 1. The van der Waals surface area contributed by atoms with E-state index in [9.17, 15) is 9.18 Å². The summed E-state index contributed by atoms with van der Waals surface area (Å²) in [7, 11) is 3.91. The molecule has 0 radical (unpaired) electrons. The lowest BCUT2D eigenvalue weighted by molar-refractivity contribution is 0.0950. The molecular formula is C16H21FN4O. The molecule has 1 N–H and O–H groups in total. The highest BCUT2D eigenvalue weighted by Crippen LogP contribution is 2.16. The summed E-state index contributed by atoms with van der Waals surface area (Å²) in [4.78, 5) is 14.3. The second-order valence-electron chi connectivity index (χ2n) is 5.31. The first-order chi connectivity index (χ1) is 10.5. The number of nitrogens with one attached hydrogen (secondary N) is 1. The zero-order valence-corrected chi connectivity index (χ0v) is 13.1. The van der Waals surface area contributed by atoms with Crippen molar-refractivity contribution in [1.82, 2.24) is 20.0 Å². The molecule has 0 saturated carbocycles. The molecule has 22 heavy (non-hydrogen) atoms. The molecule has 0 aliphatic rings. The zero-order chi connectivity index (χ0) is 16.1. The molecule has 1 heterocycles. The van der Waals surface area contributed by atoms with Crippen LogP contribution >= 0.6 is 0 Å². The van der Waals surface area contributed by atoms with Crippen LogP contribution in [-0.2, 0) is 6.42 Å². The maximum Gasteiger partial charge on any atom is 0.254 e. The number of aromatic nitrogens is 2. The topological polar surface area (TPSA) is 50.2 Å². The molecule has 0 saturated heterocycles. The van der Waals surface area contributed by atoms with Crippen LogP contribution in [-0.4, -0.2) is 47.8 Å². The first-order valence-corrected chi connectivity index (χ1v) is 7.28. The van der Waals surface area contributed by atoms with Gasteiger partial charge in [-0.3, -0.25) is 4.79 Å². The van der Waals surface area contributed by atoms with Crippen LogP contribution in [0.3, 0.4) is 0 Å². The Kier molecular flexibility index (Phi) is 5.27. The SMILES string of the molecule is CCc1c(C(=O)NCCN(C)C)cnn1-c1ccc(F)cc1. The van der Waals surface area contributed by atoms with Gasteiger partial charge < -0.3 is 10.2 Å². The quantitative estimate of drug-likeness (QED) is 0.886. The molecular weight excluding hydrogens is 283 g/mol. The molecule has 2 rings (SSSR count). The molecule has 1 amide bonds. The summed E-state index contributed by atoms with van der Waals surface area (Å²) in [6.07, 6.45) is 2.22. The number of benzene rings is 1. The highest BCUT2D eigenvalue weighted by atomic mass is 19.1. The van der Waals surface area contributed by atoms with Crippen LogP contribution in [0.25, 0.3) is 5.69 Å². The molecule has 1 aromatic carbocycles. The van der Waals surface area contributed by atoms with Gasteiger partial charge >= 0.3 is 0 Å². The summed E-state index contributed by atoms with van der Waals surface area (Å²) in [6, 6.07) is 6.06. The van der Waals surface area contributed by atoms with E-state index in [0.29, 0.717) is 18.5 Å². The van der Waals surface area contributed by atoms with Gasteiger partial charge in [0.1, 0.15) is 5.82 Å². The van der Waals surface area contributed by atoms with Crippen molar-refractivity contribution in [3.8, 4) is 5.69 Å². The minimum Gasteiger partial charge on any atom is -0.351 e. The molecule has 2 aromatic rings. The third kappa shape index (κ3) is 3.71. The number of likely N-dealkylation sites (N-methyl/N-ethyl adjacent to an activating group) is 1. The van der Waals surface area contributed by atoms with E-state index in [2.05, 4.69) is 10.4 Å². The van der Waals surface area contributed by atoms with Crippen LogP contribution in [0.5, 0.6) is 0 Å². The van der Waals surface area contributed by atoms with Crippen LogP contribution in [0, 0.1) is 5.82 Å². The second kappa shape index (κ2) is 7.17. The smallest absolute Gasteiger partial charge is 0.254 e. The Morgan fingerprint density at radius 3 is 2.59 bits per heavy atom. The lowest BCUT2D eigenvalue weighted by Gasteiger charge is -2.11. The molecule has 0 spiro atoms. The van der Waals surface area contributed by atoms with Crippen molar-refractivity contribution in [3.05, 3.63) is 47.5 Å². The Balaban J connectivity index is 2.20. The number of rotatable bonds is 6. The Hall–Kier alpha value is -2.21. The number of hydrogen-bond acceptors (Lipinski definition) is 3. The van der Waals surface area contributed by atoms with E-state index in [1.54, 1.807) is 23.0 Å². The normalized spacial score (nSPS) is 11.0. The van der Waals surface area contributed by atoms with Gasteiger partial charge in [0.15, 0.2) is 0 Å². The van der Waals surface area contributed by atoms with E-state index in [-0.39, 0.29) is 11.7 Å². The molecule has 0 fully saturated rings. The summed E-state index contributed by atoms with van der Waals surface area (Å²) in [6.45, 7) is 3.32. The number of carbonyl (C=O) groups excluding carboxylic acids is 1. The molecule has 5 nitrogen and oxygen atoms in total. The maximum absolute atomic E-state index is 13.0. The van der Waals surface area contributed by atoms with Crippen molar-refractivity contribution in [2.24, 2.45) is 0 Å². The highest BCUT2D eigenvalue weighted by Gasteiger charge is 2.16. The average Bonchev–Trinajstić information content (AvgIpc) is 2.91. The van der Waals surface area contributed by atoms with E-state index in [0.717, 1.165) is 17.9 Å². The molecule has 118 valence electrons. The molecule has 0 unspecified atom stereocenters. The molecule has 0 bridgehead atoms. The fourth-order valence-electron chi connectivity index (χ4n) is 2.20. The third-order valence-electron chi connectivity index (χ3n) is 3.36. The predicted molar refractivity (Wildman–Crippen MR) is 83.8 cm³/mol. The number of hydrogen-bond donors (Lipinski definition) is 1. The standard InChI is InChI=1S/C16H21FN4O/c1-4-15-14(16(22)18-9-10-20(2)3)11-19-21(15)13-7-5-12(17)6-8-13/h5-8,11H,4,9-10H2,1-3H3,(H,18,22). The van der Waals surface area contributed by atoms with Crippen molar-refractivity contribution in [3.63, 3.8) is 0 Å². The summed E-state index contributed by atoms with van der Waals surface area (Å²) in [5.74, 6) is -0.428. The minimum absolute atomic E-state index is 0.132. The number of carbonyl (C=O) groups is 1. The van der Waals surface area contributed by atoms with E-state index in [4.69, 9.17) is 0 Å². The monoisotopic (exact) mass is 304 g/mol. The van der Waals surface area contributed by atoms with Gasteiger partial charge in [0.2, 0.25) is 0 Å². The fraction of sp³-hybridized carbons (Fsp3) is 0.375. The first kappa shape index (κ1) is 16.2. The summed E-state index contributed by atoms with van der Waals surface area (Å²) < 4.78 is 14.7. The molecule has 0 aliphatic carbocycles. The summed E-state index contributed by atoms with van der Waals surface area (Å²) >= 11 is 0. The Morgan fingerprint density at radius 1 is 1.32 bits per heavy atom. The van der Waals surface area contributed by atoms with Gasteiger partial charge in [-0.15, -0.1) is 0 Å². The van der Waals surface area contributed by atoms with Crippen LogP contribution in [0.4, 0.5) is 4.39 Å². The van der Waals surface area contributed by atoms with Gasteiger partial charge in [0, 0.05) is 13.1 Å². The lowest BCUT2D eigenvalue weighted by atomic mass is 10.2. The Labute approximate surface area is 129 Å². The summed E-state index contributed by atoms with van der Waals surface area (Å²) in [5.41, 5.74) is 2.12. The van der Waals surface area contributed by atoms with Crippen molar-refractivity contribution < 1.29 is 9.18 Å². The Bertz CT molecular complexity index is 634. The molecule has 6 heteroatoms. The van der Waals surface area contributed by atoms with Crippen LogP contribution in [0.1, 0.15) is 23.0 Å². The van der Waals surface area contributed by atoms with Gasteiger partial charge in [-0.05, 0) is 44.8 Å². The van der Waals surface area contributed by atoms with Gasteiger partial charge in [-0.1, -0.05) is 6.92 Å². The first-order valence-electron chi connectivity index (χ1n) is 7.28. The second-order valence-corrected chi connectivity index (χ2v) is 5.31. The van der Waals surface area contributed by atoms with Gasteiger partial charge in [-0.2, -0.15) is 5.10 Å². The minimum atomic E-state index is -0.296. The van der Waals surface area contributed by atoms with Crippen molar-refractivity contribution in [1.29, 1.82) is 0 Å². The lowest BCUT2D eigenvalue weighted by Crippen LogP contribution is -2.31. The molecule has 0 atom stereocenters. The van der Waals surface area contributed by atoms with Crippen molar-refractivity contribution in [2.75, 3.05) is 27.2 Å². The van der Waals surface area contributed by atoms with Crippen LogP contribution in [0.2, 0.25) is 0 Å². The van der Waals surface area contributed by atoms with Crippen LogP contribution < -0.4 is 5.32 Å². The number of nitrogens with zero attached hydrogens (tertiary/aromatic N) is 3. The Morgan fingerprint density at radius 2 is 2.00 bits per heavy atom. The van der Waals surface area contributed by atoms with E-state index in [1.807, 2.05) is 25.9 Å². The number of halogens is 1. The maximum atomic E-state index is 13.0.